The van der Waals surface area contributed by atoms with E-state index in [-0.39, 0.29) is 24.0 Å². The van der Waals surface area contributed by atoms with E-state index in [1.807, 2.05) is 30.3 Å². The second kappa shape index (κ2) is 14.6. The summed E-state index contributed by atoms with van der Waals surface area (Å²) in [6, 6.07) is 9.85. The molecule has 0 aliphatic heterocycles. The first-order valence-electron chi connectivity index (χ1n) is 7.92. The highest BCUT2D eigenvalue weighted by Gasteiger charge is 1.98. The van der Waals surface area contributed by atoms with Gasteiger partial charge in [0.25, 0.3) is 0 Å². The molecule has 23 heavy (non-hydrogen) atoms. The average Bonchev–Trinajstić information content (AvgIpc) is 2.53. The molecule has 0 spiro atoms. The van der Waals surface area contributed by atoms with E-state index in [9.17, 15) is 0 Å². The molecule has 1 rings (SSSR count). The Labute approximate surface area is 157 Å². The lowest BCUT2D eigenvalue weighted by molar-refractivity contribution is 0.114. The minimum Gasteiger partial charge on any atom is -0.494 e. The van der Waals surface area contributed by atoms with Gasteiger partial charge in [0.2, 0.25) is 0 Å². The predicted octanol–water partition coefficient (Wildman–Crippen LogP) is 2.91. The number of rotatable bonds is 10. The number of benzene rings is 1. The lowest BCUT2D eigenvalue weighted by atomic mass is 10.2. The second-order valence-electron chi connectivity index (χ2n) is 5.41. The number of hydrogen-bond donors (Lipinski definition) is 2. The van der Waals surface area contributed by atoms with Crippen LogP contribution in [0.5, 0.6) is 5.75 Å². The zero-order chi connectivity index (χ0) is 16.0. The van der Waals surface area contributed by atoms with Crippen LogP contribution < -0.4 is 15.4 Å². The van der Waals surface area contributed by atoms with Gasteiger partial charge in [-0.3, -0.25) is 4.99 Å². The maximum atomic E-state index is 5.64. The van der Waals surface area contributed by atoms with Crippen molar-refractivity contribution in [3.63, 3.8) is 0 Å². The quantitative estimate of drug-likeness (QED) is 0.257. The van der Waals surface area contributed by atoms with Crippen molar-refractivity contribution in [2.45, 2.75) is 20.3 Å². The molecule has 0 saturated heterocycles. The Morgan fingerprint density at radius 2 is 1.78 bits per heavy atom. The highest BCUT2D eigenvalue weighted by molar-refractivity contribution is 14.0. The average molecular weight is 435 g/mol. The van der Waals surface area contributed by atoms with Gasteiger partial charge in [0.05, 0.1) is 13.2 Å². The smallest absolute Gasteiger partial charge is 0.191 e. The van der Waals surface area contributed by atoms with Gasteiger partial charge in [-0.15, -0.1) is 24.0 Å². The Bertz CT molecular complexity index is 414. The fraction of sp³-hybridized carbons (Fsp3) is 0.588. The first-order chi connectivity index (χ1) is 10.7. The van der Waals surface area contributed by atoms with Gasteiger partial charge < -0.3 is 20.1 Å². The van der Waals surface area contributed by atoms with Crippen LogP contribution in [0.2, 0.25) is 0 Å². The van der Waals surface area contributed by atoms with E-state index in [0.29, 0.717) is 19.1 Å². The van der Waals surface area contributed by atoms with Crippen LogP contribution in [0.15, 0.2) is 35.3 Å². The van der Waals surface area contributed by atoms with Gasteiger partial charge in [0.15, 0.2) is 5.96 Å². The third-order valence-corrected chi connectivity index (χ3v) is 2.84. The molecule has 0 aliphatic rings. The Kier molecular flexibility index (Phi) is 13.9. The van der Waals surface area contributed by atoms with E-state index in [4.69, 9.17) is 9.47 Å². The van der Waals surface area contributed by atoms with Gasteiger partial charge in [-0.25, -0.2) is 0 Å². The third kappa shape index (κ3) is 12.1. The summed E-state index contributed by atoms with van der Waals surface area (Å²) >= 11 is 0. The van der Waals surface area contributed by atoms with Gasteiger partial charge in [-0.05, 0) is 24.5 Å². The molecule has 0 unspecified atom stereocenters. The minimum absolute atomic E-state index is 0. The topological polar surface area (TPSA) is 54.9 Å². The molecule has 0 aliphatic carbocycles. The van der Waals surface area contributed by atoms with E-state index in [2.05, 4.69) is 29.5 Å². The molecular formula is C17H30IN3O2. The van der Waals surface area contributed by atoms with E-state index < -0.39 is 0 Å². The molecule has 0 amide bonds. The molecule has 0 radical (unpaired) electrons. The van der Waals surface area contributed by atoms with Crippen molar-refractivity contribution in [2.75, 3.05) is 40.0 Å². The number of nitrogens with one attached hydrogen (secondary N) is 2. The van der Waals surface area contributed by atoms with Gasteiger partial charge in [-0.1, -0.05) is 32.0 Å². The maximum Gasteiger partial charge on any atom is 0.191 e. The minimum atomic E-state index is 0. The van der Waals surface area contributed by atoms with Gasteiger partial charge in [0.1, 0.15) is 5.75 Å². The van der Waals surface area contributed by atoms with Crippen molar-refractivity contribution >= 4 is 29.9 Å². The zero-order valence-electron chi connectivity index (χ0n) is 14.4. The van der Waals surface area contributed by atoms with Crippen LogP contribution in [0.25, 0.3) is 0 Å². The summed E-state index contributed by atoms with van der Waals surface area (Å²) in [6.45, 7) is 8.04. The van der Waals surface area contributed by atoms with E-state index >= 15 is 0 Å². The fourth-order valence-electron chi connectivity index (χ4n) is 1.77. The number of ether oxygens (including phenoxy) is 2. The Hall–Kier alpha value is -1.02. The van der Waals surface area contributed by atoms with Gasteiger partial charge >= 0.3 is 0 Å². The van der Waals surface area contributed by atoms with Crippen LogP contribution in [0.1, 0.15) is 20.3 Å². The second-order valence-corrected chi connectivity index (χ2v) is 5.41. The summed E-state index contributed by atoms with van der Waals surface area (Å²) in [6.07, 6.45) is 0.916. The van der Waals surface area contributed by atoms with Crippen molar-refractivity contribution < 1.29 is 9.47 Å². The molecule has 0 bridgehead atoms. The molecule has 0 saturated carbocycles. The lowest BCUT2D eigenvalue weighted by Crippen LogP contribution is -2.39. The van der Waals surface area contributed by atoms with Crippen molar-refractivity contribution in [3.05, 3.63) is 30.3 Å². The standard InChI is InChI=1S/C17H29N3O2.HI/c1-15(2)14-21-13-11-20-17(18-3)19-10-7-12-22-16-8-5-4-6-9-16;/h4-6,8-9,15H,7,10-14H2,1-3H3,(H2,18,19,20);1H. The molecule has 1 aromatic rings. The van der Waals surface area contributed by atoms with Crippen molar-refractivity contribution in [1.29, 1.82) is 0 Å². The summed E-state index contributed by atoms with van der Waals surface area (Å²) in [5.74, 6) is 2.28. The molecule has 132 valence electrons. The normalized spacial score (nSPS) is 11.0. The van der Waals surface area contributed by atoms with Crippen LogP contribution in [0.4, 0.5) is 0 Å². The predicted molar refractivity (Wildman–Crippen MR) is 107 cm³/mol. The number of hydrogen-bond acceptors (Lipinski definition) is 3. The van der Waals surface area contributed by atoms with Crippen molar-refractivity contribution in [1.82, 2.24) is 10.6 Å². The highest BCUT2D eigenvalue weighted by atomic mass is 127. The van der Waals surface area contributed by atoms with E-state index in [1.165, 1.54) is 0 Å². The SMILES string of the molecule is CN=C(NCCCOc1ccccc1)NCCOCC(C)C.I. The molecular weight excluding hydrogens is 405 g/mol. The molecule has 6 heteroatoms. The number of aliphatic imine (C=N–C) groups is 1. The lowest BCUT2D eigenvalue weighted by Gasteiger charge is -2.13. The van der Waals surface area contributed by atoms with Crippen molar-refractivity contribution in [3.8, 4) is 5.75 Å². The summed E-state index contributed by atoms with van der Waals surface area (Å²) in [4.78, 5) is 4.17. The fourth-order valence-corrected chi connectivity index (χ4v) is 1.77. The molecule has 5 nitrogen and oxygen atoms in total. The van der Waals surface area contributed by atoms with Crippen molar-refractivity contribution in [2.24, 2.45) is 10.9 Å². The summed E-state index contributed by atoms with van der Waals surface area (Å²) < 4.78 is 11.2. The highest BCUT2D eigenvalue weighted by Crippen LogP contribution is 2.07. The largest absolute Gasteiger partial charge is 0.494 e. The van der Waals surface area contributed by atoms with E-state index in [1.54, 1.807) is 7.05 Å². The summed E-state index contributed by atoms with van der Waals surface area (Å²) in [7, 11) is 1.77. The number of para-hydroxylation sites is 1. The first kappa shape index (κ1) is 22.0. The van der Waals surface area contributed by atoms with Gasteiger partial charge in [0, 0.05) is 26.7 Å². The number of nitrogens with zero attached hydrogens (tertiary/aromatic N) is 1. The first-order valence-corrected chi connectivity index (χ1v) is 7.92. The molecule has 1 aromatic carbocycles. The monoisotopic (exact) mass is 435 g/mol. The van der Waals surface area contributed by atoms with Crippen LogP contribution in [-0.2, 0) is 4.74 Å². The molecule has 0 atom stereocenters. The Morgan fingerprint density at radius 1 is 1.09 bits per heavy atom. The molecule has 0 heterocycles. The molecule has 0 fully saturated rings. The van der Waals surface area contributed by atoms with Crippen LogP contribution in [0, 0.1) is 5.92 Å². The number of guanidine groups is 1. The molecule has 0 aromatic heterocycles. The third-order valence-electron chi connectivity index (χ3n) is 2.84. The molecule has 2 N–H and O–H groups in total. The number of halogens is 1. The zero-order valence-corrected chi connectivity index (χ0v) is 16.7. The Morgan fingerprint density at radius 3 is 2.43 bits per heavy atom. The van der Waals surface area contributed by atoms with Crippen LogP contribution >= 0.6 is 24.0 Å². The Balaban J connectivity index is 0.00000484. The van der Waals surface area contributed by atoms with E-state index in [0.717, 1.165) is 37.8 Å². The summed E-state index contributed by atoms with van der Waals surface area (Å²) in [5, 5.41) is 6.48. The van der Waals surface area contributed by atoms with Crippen LogP contribution in [-0.4, -0.2) is 45.9 Å². The summed E-state index contributed by atoms with van der Waals surface area (Å²) in [5.41, 5.74) is 0. The van der Waals surface area contributed by atoms with Gasteiger partial charge in [-0.2, -0.15) is 0 Å². The van der Waals surface area contributed by atoms with Crippen LogP contribution in [0.3, 0.4) is 0 Å². The maximum absolute atomic E-state index is 5.64.